The van der Waals surface area contributed by atoms with Gasteiger partial charge in [-0.15, -0.1) is 0 Å². The first-order chi connectivity index (χ1) is 16.8. The standard InChI is InChI=1S/C27H32NO6P/c1-20(28-27(30)34-18-22-9-5-4-6-10-22)35(31,33-3)19-25(26(29)32-2)16-14-21-13-15-23-11-7-8-12-24(23)17-21/h4-13,15,17,20,25H,14,16,18-19H2,1-3H3,(H,28,30). The average molecular weight is 498 g/mol. The summed E-state index contributed by atoms with van der Waals surface area (Å²) in [7, 11) is -0.801. The van der Waals surface area contributed by atoms with Gasteiger partial charge in [-0.2, -0.15) is 0 Å². The highest BCUT2D eigenvalue weighted by atomic mass is 31.2. The highest BCUT2D eigenvalue weighted by Crippen LogP contribution is 2.52. The molecule has 0 bridgehead atoms. The van der Waals surface area contributed by atoms with Crippen LogP contribution in [0.25, 0.3) is 10.8 Å². The number of carbonyl (C=O) groups is 2. The van der Waals surface area contributed by atoms with Crippen LogP contribution in [-0.4, -0.2) is 38.2 Å². The summed E-state index contributed by atoms with van der Waals surface area (Å²) in [6, 6.07) is 23.5. The Balaban J connectivity index is 1.63. The molecular formula is C27H32NO6P. The normalized spacial score (nSPS) is 14.5. The number of ether oxygens (including phenoxy) is 2. The van der Waals surface area contributed by atoms with Gasteiger partial charge in [-0.25, -0.2) is 4.79 Å². The third kappa shape index (κ3) is 7.41. The van der Waals surface area contributed by atoms with Crippen LogP contribution < -0.4 is 5.32 Å². The Morgan fingerprint density at radius 1 is 0.914 bits per heavy atom. The molecule has 0 aliphatic heterocycles. The molecule has 3 aromatic rings. The van der Waals surface area contributed by atoms with Gasteiger partial charge in [0.25, 0.3) is 0 Å². The van der Waals surface area contributed by atoms with Gasteiger partial charge in [0.05, 0.1) is 13.0 Å². The van der Waals surface area contributed by atoms with E-state index in [-0.39, 0.29) is 12.8 Å². The molecule has 1 amide bonds. The first kappa shape index (κ1) is 26.5. The molecule has 8 heteroatoms. The molecule has 0 fully saturated rings. The molecule has 0 aromatic heterocycles. The van der Waals surface area contributed by atoms with Crippen LogP contribution in [0.4, 0.5) is 4.79 Å². The van der Waals surface area contributed by atoms with Crippen molar-refractivity contribution < 1.29 is 28.2 Å². The smallest absolute Gasteiger partial charge is 0.408 e. The van der Waals surface area contributed by atoms with Crippen molar-refractivity contribution in [2.45, 2.75) is 32.2 Å². The van der Waals surface area contributed by atoms with Crippen molar-refractivity contribution in [3.05, 3.63) is 83.9 Å². The summed E-state index contributed by atoms with van der Waals surface area (Å²) in [6.07, 6.45) is 0.285. The largest absolute Gasteiger partial charge is 0.469 e. The molecule has 0 aliphatic carbocycles. The molecule has 1 N–H and O–H groups in total. The first-order valence-corrected chi connectivity index (χ1v) is 13.4. The Kier molecular flexibility index (Phi) is 9.47. The molecule has 186 valence electrons. The zero-order chi connectivity index (χ0) is 25.3. The van der Waals surface area contributed by atoms with Crippen LogP contribution in [0.2, 0.25) is 0 Å². The summed E-state index contributed by atoms with van der Waals surface area (Å²) in [6.45, 7) is 1.68. The quantitative estimate of drug-likeness (QED) is 0.268. The lowest BCUT2D eigenvalue weighted by Crippen LogP contribution is -2.35. The van der Waals surface area contributed by atoms with Crippen molar-refractivity contribution in [1.82, 2.24) is 5.32 Å². The Morgan fingerprint density at radius 2 is 1.60 bits per heavy atom. The Labute approximate surface area is 206 Å². The number of rotatable bonds is 11. The minimum Gasteiger partial charge on any atom is -0.469 e. The predicted octanol–water partition coefficient (Wildman–Crippen LogP) is 5.76. The molecule has 35 heavy (non-hydrogen) atoms. The van der Waals surface area contributed by atoms with Crippen LogP contribution >= 0.6 is 7.37 Å². The van der Waals surface area contributed by atoms with Crippen LogP contribution in [0.15, 0.2) is 72.8 Å². The topological polar surface area (TPSA) is 90.9 Å². The number of methoxy groups -OCH3 is 1. The summed E-state index contributed by atoms with van der Waals surface area (Å²) in [4.78, 5) is 24.8. The van der Waals surface area contributed by atoms with Gasteiger partial charge in [0.1, 0.15) is 12.4 Å². The predicted molar refractivity (Wildman–Crippen MR) is 136 cm³/mol. The van der Waals surface area contributed by atoms with Crippen molar-refractivity contribution in [1.29, 1.82) is 0 Å². The van der Waals surface area contributed by atoms with E-state index in [1.54, 1.807) is 6.92 Å². The molecule has 3 atom stereocenters. The number of hydrogen-bond donors (Lipinski definition) is 1. The van der Waals surface area contributed by atoms with Gasteiger partial charge >= 0.3 is 12.1 Å². The highest BCUT2D eigenvalue weighted by Gasteiger charge is 2.37. The Hall–Kier alpha value is -3.15. The maximum Gasteiger partial charge on any atom is 0.408 e. The average Bonchev–Trinajstić information content (AvgIpc) is 2.89. The summed E-state index contributed by atoms with van der Waals surface area (Å²) >= 11 is 0. The van der Waals surface area contributed by atoms with E-state index >= 15 is 0 Å². The van der Waals surface area contributed by atoms with Gasteiger partial charge in [-0.3, -0.25) is 9.36 Å². The van der Waals surface area contributed by atoms with Crippen LogP contribution in [0.1, 0.15) is 24.5 Å². The van der Waals surface area contributed by atoms with E-state index in [1.165, 1.54) is 14.2 Å². The first-order valence-electron chi connectivity index (χ1n) is 11.5. The molecule has 0 radical (unpaired) electrons. The molecule has 0 saturated carbocycles. The van der Waals surface area contributed by atoms with E-state index in [9.17, 15) is 14.2 Å². The lowest BCUT2D eigenvalue weighted by Gasteiger charge is -2.27. The van der Waals surface area contributed by atoms with Crippen LogP contribution in [-0.2, 0) is 36.4 Å². The number of aryl methyl sites for hydroxylation is 1. The van der Waals surface area contributed by atoms with Gasteiger partial charge in [0, 0.05) is 13.3 Å². The number of carbonyl (C=O) groups excluding carboxylic acids is 2. The van der Waals surface area contributed by atoms with E-state index in [2.05, 4.69) is 11.4 Å². The summed E-state index contributed by atoms with van der Waals surface area (Å²) < 4.78 is 29.2. The van der Waals surface area contributed by atoms with E-state index in [4.69, 9.17) is 14.0 Å². The molecule has 0 aliphatic rings. The van der Waals surface area contributed by atoms with Crippen LogP contribution in [0, 0.1) is 5.92 Å². The maximum atomic E-state index is 13.6. The van der Waals surface area contributed by atoms with Gasteiger partial charge < -0.3 is 19.3 Å². The fourth-order valence-electron chi connectivity index (χ4n) is 3.92. The number of amides is 1. The minimum absolute atomic E-state index is 0.0517. The number of esters is 1. The van der Waals surface area contributed by atoms with Crippen molar-refractivity contribution in [3.8, 4) is 0 Å². The second-order valence-corrected chi connectivity index (χ2v) is 11.4. The number of benzene rings is 3. The SMILES string of the molecule is COC(=O)C(CCc1ccc2ccccc2c1)CP(=O)(OC)C(C)NC(=O)OCc1ccccc1. The fraction of sp³-hybridized carbons (Fsp3) is 0.333. The summed E-state index contributed by atoms with van der Waals surface area (Å²) in [5, 5.41) is 4.86. The zero-order valence-corrected chi connectivity index (χ0v) is 21.2. The summed E-state index contributed by atoms with van der Waals surface area (Å²) in [5.74, 6) is -1.95. The molecule has 0 spiro atoms. The Morgan fingerprint density at radius 3 is 2.29 bits per heavy atom. The van der Waals surface area contributed by atoms with Gasteiger partial charge in [-0.05, 0) is 41.7 Å². The molecule has 0 heterocycles. The zero-order valence-electron chi connectivity index (χ0n) is 20.3. The van der Waals surface area contributed by atoms with Gasteiger partial charge in [-0.1, -0.05) is 72.8 Å². The fourth-order valence-corrected chi connectivity index (χ4v) is 5.95. The lowest BCUT2D eigenvalue weighted by molar-refractivity contribution is -0.144. The highest BCUT2D eigenvalue weighted by molar-refractivity contribution is 7.59. The van der Waals surface area contributed by atoms with Crippen molar-refractivity contribution in [2.75, 3.05) is 20.4 Å². The van der Waals surface area contributed by atoms with Crippen molar-refractivity contribution in [3.63, 3.8) is 0 Å². The second kappa shape index (κ2) is 12.5. The number of fused-ring (bicyclic) bond motifs is 1. The van der Waals surface area contributed by atoms with Crippen molar-refractivity contribution in [2.24, 2.45) is 5.92 Å². The number of alkyl carbamates (subject to hydrolysis) is 1. The number of hydrogen-bond acceptors (Lipinski definition) is 6. The maximum absolute atomic E-state index is 13.6. The molecule has 0 saturated heterocycles. The minimum atomic E-state index is -3.44. The molecular weight excluding hydrogens is 465 g/mol. The van der Waals surface area contributed by atoms with Crippen molar-refractivity contribution >= 4 is 30.2 Å². The van der Waals surface area contributed by atoms with E-state index in [0.29, 0.717) is 12.8 Å². The number of nitrogens with one attached hydrogen (secondary N) is 1. The van der Waals surface area contributed by atoms with Crippen LogP contribution in [0.5, 0.6) is 0 Å². The van der Waals surface area contributed by atoms with E-state index < -0.39 is 31.1 Å². The van der Waals surface area contributed by atoms with Gasteiger partial charge in [0.15, 0.2) is 0 Å². The van der Waals surface area contributed by atoms with E-state index in [1.807, 2.05) is 66.7 Å². The van der Waals surface area contributed by atoms with E-state index in [0.717, 1.165) is 21.9 Å². The van der Waals surface area contributed by atoms with Crippen LogP contribution in [0.3, 0.4) is 0 Å². The second-order valence-electron chi connectivity index (χ2n) is 8.41. The third-order valence-corrected chi connectivity index (χ3v) is 8.92. The molecule has 3 unspecified atom stereocenters. The molecule has 3 rings (SSSR count). The third-order valence-electron chi connectivity index (χ3n) is 6.04. The summed E-state index contributed by atoms with van der Waals surface area (Å²) in [5.41, 5.74) is 1.91. The lowest BCUT2D eigenvalue weighted by atomic mass is 9.99. The molecule has 7 nitrogen and oxygen atoms in total. The molecule has 3 aromatic carbocycles. The Bertz CT molecular complexity index is 1180. The van der Waals surface area contributed by atoms with Gasteiger partial charge in [0.2, 0.25) is 7.37 Å². The monoisotopic (exact) mass is 497 g/mol.